The first-order valence-corrected chi connectivity index (χ1v) is 18.2. The topological polar surface area (TPSA) is 60.9 Å². The van der Waals surface area contributed by atoms with Gasteiger partial charge >= 0.3 is 0 Å². The summed E-state index contributed by atoms with van der Waals surface area (Å²) < 4.78 is 35.4. The van der Waals surface area contributed by atoms with Crippen LogP contribution < -0.4 is 9.80 Å². The van der Waals surface area contributed by atoms with Gasteiger partial charge in [-0.1, -0.05) is 104 Å². The zero-order chi connectivity index (χ0) is 33.4. The first-order chi connectivity index (χ1) is 22.7. The highest BCUT2D eigenvalue weighted by atomic mass is 35.5. The van der Waals surface area contributed by atoms with Crippen LogP contribution in [0.4, 0.5) is 22.7 Å². The summed E-state index contributed by atoms with van der Waals surface area (Å²) in [4.78, 5) is 4.39. The van der Waals surface area contributed by atoms with Crippen molar-refractivity contribution in [2.45, 2.75) is 50.3 Å². The van der Waals surface area contributed by atoms with Crippen molar-refractivity contribution >= 4 is 56.1 Å². The minimum Gasteiger partial charge on any atom is -0.341 e. The molecule has 0 radical (unpaired) electrons. The lowest BCUT2D eigenvalue weighted by molar-refractivity contribution is 0.482. The molecule has 0 heterocycles. The Kier molecular flexibility index (Phi) is 11.6. The van der Waals surface area contributed by atoms with Gasteiger partial charge in [0.15, 0.2) is 0 Å². The Labute approximate surface area is 289 Å². The van der Waals surface area contributed by atoms with Gasteiger partial charge in [-0.2, -0.15) is 8.42 Å². The number of anilines is 4. The Hall–Kier alpha value is -3.81. The quantitative estimate of drug-likeness (QED) is 0.0930. The van der Waals surface area contributed by atoms with Crippen LogP contribution in [0.5, 0.6) is 0 Å². The van der Waals surface area contributed by atoms with E-state index in [0.717, 1.165) is 72.6 Å². The average Bonchev–Trinajstić information content (AvgIpc) is 3.06. The maximum atomic E-state index is 12.6. The van der Waals surface area contributed by atoms with E-state index in [4.69, 9.17) is 23.2 Å². The molecule has 8 heteroatoms. The van der Waals surface area contributed by atoms with Crippen LogP contribution in [0.15, 0.2) is 126 Å². The third kappa shape index (κ3) is 8.57. The highest BCUT2D eigenvalue weighted by molar-refractivity contribution is 7.85. The van der Waals surface area contributed by atoms with Crippen LogP contribution >= 0.6 is 23.2 Å². The molecule has 0 aromatic heterocycles. The van der Waals surface area contributed by atoms with E-state index < -0.39 is 16.0 Å². The summed E-state index contributed by atoms with van der Waals surface area (Å²) in [6.07, 6.45) is 4.12. The lowest BCUT2D eigenvalue weighted by atomic mass is 9.85. The van der Waals surface area contributed by atoms with E-state index in [-0.39, 0.29) is 4.90 Å². The molecule has 0 aliphatic carbocycles. The Morgan fingerprint density at radius 1 is 0.596 bits per heavy atom. The molecule has 5 nitrogen and oxygen atoms in total. The third-order valence-corrected chi connectivity index (χ3v) is 9.69. The molecule has 0 atom stereocenters. The zero-order valence-corrected chi connectivity index (χ0v) is 29.0. The second-order valence-corrected chi connectivity index (χ2v) is 13.9. The first-order valence-electron chi connectivity index (χ1n) is 16.0. The second kappa shape index (κ2) is 15.9. The van der Waals surface area contributed by atoms with Gasteiger partial charge in [-0.15, -0.1) is 0 Å². The lowest BCUT2D eigenvalue weighted by Crippen LogP contribution is -2.19. The largest absolute Gasteiger partial charge is 0.341 e. The molecule has 244 valence electrons. The van der Waals surface area contributed by atoms with Gasteiger partial charge in [0.2, 0.25) is 0 Å². The minimum absolute atomic E-state index is 0.106. The van der Waals surface area contributed by atoms with E-state index in [1.54, 1.807) is 18.2 Å². The predicted molar refractivity (Wildman–Crippen MR) is 197 cm³/mol. The summed E-state index contributed by atoms with van der Waals surface area (Å²) in [5.74, 6) is -0.457. The van der Waals surface area contributed by atoms with E-state index >= 15 is 0 Å². The van der Waals surface area contributed by atoms with Crippen molar-refractivity contribution in [2.75, 3.05) is 22.9 Å². The SMILES string of the molecule is CCCCN(c1ccc(C(c2ccc(N(CCCC)c3cccc(Cl)c3)cc2)c2ccccc2S(=O)(=O)O)cc1)c1cccc(Cl)c1. The fourth-order valence-electron chi connectivity index (χ4n) is 5.93. The Bertz CT molecular complexity index is 1780. The van der Waals surface area contributed by atoms with Crippen molar-refractivity contribution in [3.8, 4) is 0 Å². The predicted octanol–water partition coefficient (Wildman–Crippen LogP) is 11.3. The summed E-state index contributed by atoms with van der Waals surface area (Å²) in [5.41, 5.74) is 6.34. The molecule has 0 saturated carbocycles. The third-order valence-electron chi connectivity index (χ3n) is 8.29. The molecule has 5 aromatic rings. The number of unbranched alkanes of at least 4 members (excludes halogenated alkanes) is 2. The van der Waals surface area contributed by atoms with E-state index in [1.165, 1.54) is 6.07 Å². The van der Waals surface area contributed by atoms with Crippen LogP contribution in [0.3, 0.4) is 0 Å². The molecule has 0 bridgehead atoms. The van der Waals surface area contributed by atoms with Crippen LogP contribution in [0.2, 0.25) is 10.0 Å². The monoisotopic (exact) mass is 686 g/mol. The summed E-state index contributed by atoms with van der Waals surface area (Å²) in [7, 11) is -4.48. The first kappa shape index (κ1) is 34.5. The average molecular weight is 688 g/mol. The summed E-state index contributed by atoms with van der Waals surface area (Å²) >= 11 is 12.7. The van der Waals surface area contributed by atoms with Gasteiger partial charge in [0.1, 0.15) is 0 Å². The molecule has 0 spiro atoms. The molecule has 0 saturated heterocycles. The van der Waals surface area contributed by atoms with Crippen molar-refractivity contribution in [1.82, 2.24) is 0 Å². The summed E-state index contributed by atoms with van der Waals surface area (Å²) in [6.45, 7) is 5.99. The van der Waals surface area contributed by atoms with E-state index in [9.17, 15) is 13.0 Å². The number of nitrogens with zero attached hydrogens (tertiary/aromatic N) is 2. The number of hydrogen-bond donors (Lipinski definition) is 1. The highest BCUT2D eigenvalue weighted by Gasteiger charge is 2.25. The van der Waals surface area contributed by atoms with Gasteiger partial charge in [0, 0.05) is 51.8 Å². The lowest BCUT2D eigenvalue weighted by Gasteiger charge is -2.27. The molecule has 0 amide bonds. The molecule has 1 N–H and O–H groups in total. The number of benzene rings is 5. The van der Waals surface area contributed by atoms with Gasteiger partial charge in [0.05, 0.1) is 4.90 Å². The van der Waals surface area contributed by atoms with Crippen molar-refractivity contribution < 1.29 is 13.0 Å². The van der Waals surface area contributed by atoms with Gasteiger partial charge in [0.25, 0.3) is 10.1 Å². The van der Waals surface area contributed by atoms with Crippen molar-refractivity contribution in [2.24, 2.45) is 0 Å². The van der Waals surface area contributed by atoms with Crippen LogP contribution in [0, 0.1) is 0 Å². The molecular formula is C39H40Cl2N2O3S. The molecular weight excluding hydrogens is 647 g/mol. The Morgan fingerprint density at radius 2 is 1.04 bits per heavy atom. The fraction of sp³-hybridized carbons (Fsp3) is 0.231. The fourth-order valence-corrected chi connectivity index (χ4v) is 7.04. The summed E-state index contributed by atoms with van der Waals surface area (Å²) in [6, 6.07) is 38.7. The summed E-state index contributed by atoms with van der Waals surface area (Å²) in [5, 5.41) is 1.35. The van der Waals surface area contributed by atoms with Gasteiger partial charge in [-0.25, -0.2) is 0 Å². The minimum atomic E-state index is -4.48. The molecule has 5 aromatic carbocycles. The smallest absolute Gasteiger partial charge is 0.294 e. The second-order valence-electron chi connectivity index (χ2n) is 11.6. The van der Waals surface area contributed by atoms with E-state index in [0.29, 0.717) is 15.6 Å². The molecule has 0 aliphatic heterocycles. The zero-order valence-electron chi connectivity index (χ0n) is 26.7. The highest BCUT2D eigenvalue weighted by Crippen LogP contribution is 2.39. The van der Waals surface area contributed by atoms with Crippen LogP contribution in [-0.4, -0.2) is 26.1 Å². The number of hydrogen-bond acceptors (Lipinski definition) is 4. The molecule has 47 heavy (non-hydrogen) atoms. The van der Waals surface area contributed by atoms with Crippen LogP contribution in [0.25, 0.3) is 0 Å². The molecule has 5 rings (SSSR count). The Balaban J connectivity index is 1.58. The van der Waals surface area contributed by atoms with E-state index in [1.807, 2.05) is 60.7 Å². The van der Waals surface area contributed by atoms with Crippen LogP contribution in [0.1, 0.15) is 62.1 Å². The maximum absolute atomic E-state index is 12.6. The van der Waals surface area contributed by atoms with Gasteiger partial charge < -0.3 is 9.80 Å². The van der Waals surface area contributed by atoms with Crippen LogP contribution in [-0.2, 0) is 10.1 Å². The number of rotatable bonds is 14. The van der Waals surface area contributed by atoms with E-state index in [2.05, 4.69) is 60.0 Å². The van der Waals surface area contributed by atoms with Crippen molar-refractivity contribution in [3.63, 3.8) is 0 Å². The molecule has 0 aliphatic rings. The molecule has 0 unspecified atom stereocenters. The standard InChI is InChI=1S/C39H40Cl2N2O3S/c1-3-5-25-42(35-13-9-11-31(40)27-35)33-21-17-29(18-22-33)39(37-15-7-8-16-38(37)47(44,45)46)30-19-23-34(24-20-30)43(26-6-4-2)36-14-10-12-32(41)28-36/h7-24,27-28,39H,3-6,25-26H2,1-2H3,(H,44,45,46). The van der Waals surface area contributed by atoms with Crippen molar-refractivity contribution in [3.05, 3.63) is 148 Å². The van der Waals surface area contributed by atoms with Gasteiger partial charge in [-0.05, 0) is 96.3 Å². The normalized spacial score (nSPS) is 11.5. The molecule has 0 fully saturated rings. The number of halogens is 2. The van der Waals surface area contributed by atoms with Gasteiger partial charge in [-0.3, -0.25) is 4.55 Å². The maximum Gasteiger partial charge on any atom is 0.294 e. The van der Waals surface area contributed by atoms with Crippen molar-refractivity contribution in [1.29, 1.82) is 0 Å². The Morgan fingerprint density at radius 3 is 1.45 bits per heavy atom.